The van der Waals surface area contributed by atoms with Crippen molar-refractivity contribution in [3.8, 4) is 11.5 Å². The summed E-state index contributed by atoms with van der Waals surface area (Å²) < 4.78 is 10.6. The van der Waals surface area contributed by atoms with Gasteiger partial charge < -0.3 is 19.5 Å². The largest absolute Gasteiger partial charge is 0.497 e. The zero-order valence-corrected chi connectivity index (χ0v) is 12.8. The smallest absolute Gasteiger partial charge is 0.126 e. The third-order valence-corrected chi connectivity index (χ3v) is 3.48. The molecule has 0 fully saturated rings. The molecule has 0 radical (unpaired) electrons. The molecule has 1 unspecified atom stereocenters. The van der Waals surface area contributed by atoms with Crippen molar-refractivity contribution in [3.05, 3.63) is 48.0 Å². The van der Waals surface area contributed by atoms with Crippen molar-refractivity contribution in [1.82, 2.24) is 0 Å². The lowest BCUT2D eigenvalue weighted by Gasteiger charge is -2.25. The molecule has 0 aliphatic heterocycles. The maximum absolute atomic E-state index is 10.1. The zero-order chi connectivity index (χ0) is 15.4. The standard InChI is InChI=1S/C17H21NO3/c1-12(19)17-15(9-6-10-16(17)21-4)18(2)13-7-5-8-14(11-13)20-3/h5-12,19H,1-4H3. The van der Waals surface area contributed by atoms with E-state index in [1.807, 2.05) is 54.4 Å². The molecule has 2 aromatic rings. The van der Waals surface area contributed by atoms with Gasteiger partial charge in [0.05, 0.1) is 26.0 Å². The van der Waals surface area contributed by atoms with Crippen LogP contribution in [-0.2, 0) is 0 Å². The van der Waals surface area contributed by atoms with Gasteiger partial charge in [-0.05, 0) is 31.2 Å². The lowest BCUT2D eigenvalue weighted by atomic mass is 10.1. The van der Waals surface area contributed by atoms with E-state index in [4.69, 9.17) is 9.47 Å². The maximum atomic E-state index is 10.1. The molecule has 21 heavy (non-hydrogen) atoms. The number of anilines is 2. The number of ether oxygens (including phenoxy) is 2. The summed E-state index contributed by atoms with van der Waals surface area (Å²) in [6.45, 7) is 1.74. The fraction of sp³-hybridized carbons (Fsp3) is 0.294. The first-order chi connectivity index (χ1) is 10.1. The van der Waals surface area contributed by atoms with Crippen molar-refractivity contribution in [2.75, 3.05) is 26.2 Å². The first-order valence-corrected chi connectivity index (χ1v) is 6.81. The first kappa shape index (κ1) is 15.2. The van der Waals surface area contributed by atoms with E-state index < -0.39 is 6.10 Å². The molecule has 4 nitrogen and oxygen atoms in total. The number of benzene rings is 2. The lowest BCUT2D eigenvalue weighted by Crippen LogP contribution is -2.13. The van der Waals surface area contributed by atoms with E-state index in [0.29, 0.717) is 5.75 Å². The second-order valence-electron chi connectivity index (χ2n) is 4.83. The van der Waals surface area contributed by atoms with Gasteiger partial charge in [-0.2, -0.15) is 0 Å². The third kappa shape index (κ3) is 3.11. The molecule has 1 atom stereocenters. The number of nitrogens with zero attached hydrogens (tertiary/aromatic N) is 1. The number of methoxy groups -OCH3 is 2. The number of rotatable bonds is 5. The summed E-state index contributed by atoms with van der Waals surface area (Å²) in [5.74, 6) is 1.47. The number of aliphatic hydroxyl groups is 1. The molecule has 1 N–H and O–H groups in total. The lowest BCUT2D eigenvalue weighted by molar-refractivity contribution is 0.195. The average Bonchev–Trinajstić information content (AvgIpc) is 2.53. The van der Waals surface area contributed by atoms with Crippen LogP contribution in [0.1, 0.15) is 18.6 Å². The van der Waals surface area contributed by atoms with Crippen LogP contribution in [0.4, 0.5) is 11.4 Å². The van der Waals surface area contributed by atoms with Crippen LogP contribution in [0.2, 0.25) is 0 Å². The minimum Gasteiger partial charge on any atom is -0.497 e. The Morgan fingerprint density at radius 2 is 1.76 bits per heavy atom. The quantitative estimate of drug-likeness (QED) is 0.913. The van der Waals surface area contributed by atoms with Gasteiger partial charge in [-0.25, -0.2) is 0 Å². The molecule has 2 aromatic carbocycles. The number of hydrogen-bond donors (Lipinski definition) is 1. The molecule has 0 heterocycles. The van der Waals surface area contributed by atoms with Gasteiger partial charge in [0.15, 0.2) is 0 Å². The Bertz CT molecular complexity index is 611. The van der Waals surface area contributed by atoms with Gasteiger partial charge in [-0.15, -0.1) is 0 Å². The van der Waals surface area contributed by atoms with Crippen molar-refractivity contribution in [1.29, 1.82) is 0 Å². The molecular formula is C17H21NO3. The Morgan fingerprint density at radius 1 is 1.05 bits per heavy atom. The first-order valence-electron chi connectivity index (χ1n) is 6.81. The number of hydrogen-bond acceptors (Lipinski definition) is 4. The minimum absolute atomic E-state index is 0.621. The van der Waals surface area contributed by atoms with Gasteiger partial charge in [0, 0.05) is 24.4 Å². The molecule has 0 amide bonds. The Balaban J connectivity index is 2.49. The average molecular weight is 287 g/mol. The molecule has 0 aromatic heterocycles. The van der Waals surface area contributed by atoms with Gasteiger partial charge in [0.25, 0.3) is 0 Å². The van der Waals surface area contributed by atoms with Crippen LogP contribution >= 0.6 is 0 Å². The van der Waals surface area contributed by atoms with Gasteiger partial charge in [-0.1, -0.05) is 12.1 Å². The molecule has 0 aliphatic carbocycles. The normalized spacial score (nSPS) is 11.9. The van der Waals surface area contributed by atoms with Crippen LogP contribution in [0.5, 0.6) is 11.5 Å². The van der Waals surface area contributed by atoms with E-state index in [1.54, 1.807) is 21.1 Å². The summed E-state index contributed by atoms with van der Waals surface area (Å²) in [7, 11) is 5.21. The van der Waals surface area contributed by atoms with E-state index >= 15 is 0 Å². The SMILES string of the molecule is COc1cccc(N(C)c2cccc(OC)c2C(C)O)c1. The summed E-state index contributed by atoms with van der Waals surface area (Å²) in [6, 6.07) is 13.5. The van der Waals surface area contributed by atoms with E-state index in [0.717, 1.165) is 22.7 Å². The van der Waals surface area contributed by atoms with E-state index in [1.165, 1.54) is 0 Å². The van der Waals surface area contributed by atoms with Crippen LogP contribution in [0.3, 0.4) is 0 Å². The highest BCUT2D eigenvalue weighted by molar-refractivity contribution is 5.69. The second-order valence-corrected chi connectivity index (χ2v) is 4.83. The zero-order valence-electron chi connectivity index (χ0n) is 12.8. The van der Waals surface area contributed by atoms with Gasteiger partial charge >= 0.3 is 0 Å². The Labute approximate surface area is 125 Å². The second kappa shape index (κ2) is 6.50. The molecule has 4 heteroatoms. The van der Waals surface area contributed by atoms with E-state index in [2.05, 4.69) is 0 Å². The highest BCUT2D eigenvalue weighted by atomic mass is 16.5. The van der Waals surface area contributed by atoms with Gasteiger partial charge in [0.2, 0.25) is 0 Å². The van der Waals surface area contributed by atoms with Crippen LogP contribution in [0.15, 0.2) is 42.5 Å². The highest BCUT2D eigenvalue weighted by Gasteiger charge is 2.17. The van der Waals surface area contributed by atoms with Crippen LogP contribution in [0.25, 0.3) is 0 Å². The molecule has 0 spiro atoms. The Hall–Kier alpha value is -2.20. The predicted octanol–water partition coefficient (Wildman–Crippen LogP) is 3.53. The highest BCUT2D eigenvalue weighted by Crippen LogP contribution is 2.37. The molecule has 2 rings (SSSR count). The fourth-order valence-corrected chi connectivity index (χ4v) is 2.38. The number of aliphatic hydroxyl groups excluding tert-OH is 1. The van der Waals surface area contributed by atoms with Crippen LogP contribution < -0.4 is 14.4 Å². The van der Waals surface area contributed by atoms with Crippen LogP contribution in [-0.4, -0.2) is 26.4 Å². The van der Waals surface area contributed by atoms with E-state index in [-0.39, 0.29) is 0 Å². The predicted molar refractivity (Wildman–Crippen MR) is 84.7 cm³/mol. The summed E-state index contributed by atoms with van der Waals surface area (Å²) in [4.78, 5) is 2.01. The van der Waals surface area contributed by atoms with E-state index in [9.17, 15) is 5.11 Å². The van der Waals surface area contributed by atoms with Crippen molar-refractivity contribution < 1.29 is 14.6 Å². The Morgan fingerprint density at radius 3 is 2.38 bits per heavy atom. The van der Waals surface area contributed by atoms with Gasteiger partial charge in [0.1, 0.15) is 11.5 Å². The molecular weight excluding hydrogens is 266 g/mol. The summed E-state index contributed by atoms with van der Waals surface area (Å²) >= 11 is 0. The fourth-order valence-electron chi connectivity index (χ4n) is 2.38. The van der Waals surface area contributed by atoms with Crippen molar-refractivity contribution in [3.63, 3.8) is 0 Å². The summed E-state index contributed by atoms with van der Waals surface area (Å²) in [5.41, 5.74) is 2.65. The summed E-state index contributed by atoms with van der Waals surface area (Å²) in [5, 5.41) is 10.1. The summed E-state index contributed by atoms with van der Waals surface area (Å²) in [6.07, 6.45) is -0.621. The third-order valence-electron chi connectivity index (χ3n) is 3.48. The Kier molecular flexibility index (Phi) is 4.70. The topological polar surface area (TPSA) is 41.9 Å². The molecule has 0 aliphatic rings. The van der Waals surface area contributed by atoms with Crippen molar-refractivity contribution in [2.45, 2.75) is 13.0 Å². The molecule has 0 saturated heterocycles. The van der Waals surface area contributed by atoms with Crippen molar-refractivity contribution in [2.24, 2.45) is 0 Å². The van der Waals surface area contributed by atoms with Crippen molar-refractivity contribution >= 4 is 11.4 Å². The molecule has 0 bridgehead atoms. The minimum atomic E-state index is -0.621. The monoisotopic (exact) mass is 287 g/mol. The molecule has 112 valence electrons. The van der Waals surface area contributed by atoms with Crippen LogP contribution in [0, 0.1) is 0 Å². The molecule has 0 saturated carbocycles. The van der Waals surface area contributed by atoms with Gasteiger partial charge in [-0.3, -0.25) is 0 Å². The maximum Gasteiger partial charge on any atom is 0.126 e.